The van der Waals surface area contributed by atoms with Gasteiger partial charge in [0.15, 0.2) is 0 Å². The molecule has 53 heavy (non-hydrogen) atoms. The van der Waals surface area contributed by atoms with Crippen molar-refractivity contribution in [3.63, 3.8) is 0 Å². The van der Waals surface area contributed by atoms with E-state index in [1.807, 2.05) is 0 Å². The zero-order valence-corrected chi connectivity index (χ0v) is 40.4. The molecule has 0 aliphatic heterocycles. The Morgan fingerprint density at radius 2 is 0.528 bits per heavy atom. The molecule has 0 heterocycles. The fourth-order valence-electron chi connectivity index (χ4n) is 6.31. The average molecular weight is 912 g/mol. The molecule has 6 nitrogen and oxygen atoms in total. The van der Waals surface area contributed by atoms with Gasteiger partial charge in [0.2, 0.25) is 0 Å². The van der Waals surface area contributed by atoms with Gasteiger partial charge in [-0.05, 0) is 0 Å². The van der Waals surface area contributed by atoms with Crippen molar-refractivity contribution in [3.8, 4) is 0 Å². The Kier molecular flexibility index (Phi) is 42.1. The molecule has 0 aliphatic carbocycles. The Balaban J connectivity index is 4.50. The van der Waals surface area contributed by atoms with E-state index in [-0.39, 0.29) is 17.3 Å². The van der Waals surface area contributed by atoms with Crippen LogP contribution < -0.4 is 0 Å². The van der Waals surface area contributed by atoms with Gasteiger partial charge in [0, 0.05) is 0 Å². The first kappa shape index (κ1) is 53.3. The van der Waals surface area contributed by atoms with E-state index in [1.165, 1.54) is 173 Å². The molecule has 0 rings (SSSR count). The maximum absolute atomic E-state index is 12.9. The third-order valence-electron chi connectivity index (χ3n) is 9.48. The molecule has 0 radical (unpaired) electrons. The van der Waals surface area contributed by atoms with Gasteiger partial charge in [-0.3, -0.25) is 0 Å². The number of thioether (sulfide) groups is 3. The first-order chi connectivity index (χ1) is 25.9. The molecule has 0 N–H and O–H groups in total. The van der Waals surface area contributed by atoms with Gasteiger partial charge < -0.3 is 0 Å². The molecule has 0 aliphatic rings. The van der Waals surface area contributed by atoms with Crippen LogP contribution in [0.2, 0.25) is 4.94 Å². The minimum atomic E-state index is -4.75. The average Bonchev–Trinajstić information content (AvgIpc) is 3.12. The summed E-state index contributed by atoms with van der Waals surface area (Å²) in [5, 5.41) is 0. The van der Waals surface area contributed by atoms with Gasteiger partial charge in [-0.25, -0.2) is 0 Å². The van der Waals surface area contributed by atoms with Crippen LogP contribution in [-0.4, -0.2) is 72.0 Å². The summed E-state index contributed by atoms with van der Waals surface area (Å²) in [6, 6.07) is 0. The molecule has 10 heteroatoms. The zero-order valence-electron chi connectivity index (χ0n) is 35.1. The van der Waals surface area contributed by atoms with Crippen LogP contribution in [0.3, 0.4) is 0 Å². The summed E-state index contributed by atoms with van der Waals surface area (Å²) >= 11 is -0.103. The van der Waals surface area contributed by atoms with Gasteiger partial charge >= 0.3 is 271 Å². The summed E-state index contributed by atoms with van der Waals surface area (Å²) in [4.78, 5) is 40.2. The standard InChI is InChI=1S/3C14H28O2S.CH3.Sn/c3*1-2-3-4-5-6-7-8-9-10-11-12-17-13-14(15)16;;/h3*2-13H2,1H3,(H,15,16);1H3;/q;;;;+3/p-3. The quantitative estimate of drug-likeness (QED) is 0.0439. The van der Waals surface area contributed by atoms with Crippen molar-refractivity contribution in [1.29, 1.82) is 0 Å². The van der Waals surface area contributed by atoms with Crippen molar-refractivity contribution >= 4 is 72.8 Å². The second-order valence-corrected chi connectivity index (χ2v) is 25.0. The summed E-state index contributed by atoms with van der Waals surface area (Å²) in [6.45, 7) is 6.76. The van der Waals surface area contributed by atoms with Gasteiger partial charge in [0.25, 0.3) is 0 Å². The predicted molar refractivity (Wildman–Crippen MR) is 237 cm³/mol. The first-order valence-electron chi connectivity index (χ1n) is 22.3. The van der Waals surface area contributed by atoms with Crippen molar-refractivity contribution in [3.05, 3.63) is 0 Å². The van der Waals surface area contributed by atoms with Crippen LogP contribution in [0.1, 0.15) is 213 Å². The number of hydrogen-bond acceptors (Lipinski definition) is 9. The first-order valence-corrected chi connectivity index (χ1v) is 32.1. The molecule has 0 aromatic carbocycles. The van der Waals surface area contributed by atoms with E-state index < -0.39 is 37.5 Å². The van der Waals surface area contributed by atoms with Crippen LogP contribution in [0, 0.1) is 0 Å². The van der Waals surface area contributed by atoms with Crippen LogP contribution in [0.5, 0.6) is 0 Å². The van der Waals surface area contributed by atoms with Crippen LogP contribution >= 0.6 is 35.3 Å². The topological polar surface area (TPSA) is 78.9 Å². The summed E-state index contributed by atoms with van der Waals surface area (Å²) in [6.07, 6.45) is 38.4. The molecule has 0 aromatic rings. The number of carbonyl (C=O) groups excluding carboxylic acids is 3. The van der Waals surface area contributed by atoms with Crippen LogP contribution in [0.25, 0.3) is 0 Å². The van der Waals surface area contributed by atoms with Crippen molar-refractivity contribution in [1.82, 2.24) is 0 Å². The van der Waals surface area contributed by atoms with E-state index in [1.54, 1.807) is 40.2 Å². The van der Waals surface area contributed by atoms with E-state index in [0.29, 0.717) is 0 Å². The van der Waals surface area contributed by atoms with Crippen molar-refractivity contribution in [2.75, 3.05) is 34.5 Å². The zero-order chi connectivity index (χ0) is 38.9. The van der Waals surface area contributed by atoms with Crippen LogP contribution in [-0.2, 0) is 23.6 Å². The van der Waals surface area contributed by atoms with E-state index in [4.69, 9.17) is 9.22 Å². The molecule has 314 valence electrons. The van der Waals surface area contributed by atoms with Crippen LogP contribution in [0.4, 0.5) is 0 Å². The monoisotopic (exact) mass is 912 g/mol. The van der Waals surface area contributed by atoms with Crippen molar-refractivity contribution in [2.45, 2.75) is 218 Å². The Morgan fingerprint density at radius 1 is 0.340 bits per heavy atom. The number of rotatable bonds is 42. The maximum atomic E-state index is 12.9. The molecular formula is C43H84O6S3Sn. The normalized spacial score (nSPS) is 11.5. The van der Waals surface area contributed by atoms with Gasteiger partial charge in [0.05, 0.1) is 0 Å². The van der Waals surface area contributed by atoms with Gasteiger partial charge in [-0.15, -0.1) is 0 Å². The van der Waals surface area contributed by atoms with Crippen molar-refractivity contribution in [2.24, 2.45) is 0 Å². The van der Waals surface area contributed by atoms with E-state index >= 15 is 0 Å². The molecule has 0 bridgehead atoms. The van der Waals surface area contributed by atoms with Gasteiger partial charge in [-0.2, -0.15) is 0 Å². The Labute approximate surface area is 347 Å². The summed E-state index contributed by atoms with van der Waals surface area (Å²) in [5.41, 5.74) is 0. The molecule has 0 fully saturated rings. The molecule has 0 saturated carbocycles. The number of unbranched alkanes of at least 4 members (excludes halogenated alkanes) is 27. The number of carbonyl (C=O) groups is 3. The smallest absolute Gasteiger partial charge is 0.0654 e. The van der Waals surface area contributed by atoms with Crippen LogP contribution in [0.15, 0.2) is 0 Å². The minimum absolute atomic E-state index is 0.181. The fourth-order valence-corrected chi connectivity index (χ4v) is 14.1. The van der Waals surface area contributed by atoms with Gasteiger partial charge in [-0.1, -0.05) is 78.6 Å². The Morgan fingerprint density at radius 3 is 0.736 bits per heavy atom. The fraction of sp³-hybridized carbons (Fsp3) is 0.930. The molecule has 0 aromatic heterocycles. The summed E-state index contributed by atoms with van der Waals surface area (Å²) < 4.78 is 17.3. The predicted octanol–water partition coefficient (Wildman–Crippen LogP) is 14.1. The minimum Gasteiger partial charge on any atom is -0.0654 e. The van der Waals surface area contributed by atoms with E-state index in [2.05, 4.69) is 20.8 Å². The van der Waals surface area contributed by atoms with Crippen molar-refractivity contribution < 1.29 is 23.6 Å². The third-order valence-corrected chi connectivity index (χ3v) is 17.7. The molecule has 0 amide bonds. The molecule has 0 unspecified atom stereocenters. The second kappa shape index (κ2) is 41.9. The molecular weight excluding hydrogens is 827 g/mol. The van der Waals surface area contributed by atoms with Gasteiger partial charge in [0.1, 0.15) is 0 Å². The third kappa shape index (κ3) is 40.3. The van der Waals surface area contributed by atoms with E-state index in [0.717, 1.165) is 36.5 Å². The summed E-state index contributed by atoms with van der Waals surface area (Å²) in [7, 11) is 0. The SMILES string of the molecule is CCCCCCCCCCCCSCC(=O)[O][Sn]([CH3])([O]C(=O)CSCCCCCCCCCCCC)[O]C(=O)CSCCCCCCCCCCCC. The van der Waals surface area contributed by atoms with E-state index in [9.17, 15) is 14.4 Å². The summed E-state index contributed by atoms with van der Waals surface area (Å²) in [5.74, 6) is 1.87. The Bertz CT molecular complexity index is 731. The number of hydrogen-bond donors (Lipinski definition) is 0. The second-order valence-electron chi connectivity index (χ2n) is 15.0. The Hall–Kier alpha value is 0.259. The molecule has 0 atom stereocenters. The molecule has 0 saturated heterocycles. The molecule has 0 spiro atoms.